The highest BCUT2D eigenvalue weighted by Gasteiger charge is 2.19. The van der Waals surface area contributed by atoms with Crippen molar-refractivity contribution in [3.63, 3.8) is 0 Å². The summed E-state index contributed by atoms with van der Waals surface area (Å²) in [6.45, 7) is 4.68. The lowest BCUT2D eigenvalue weighted by Crippen LogP contribution is -2.10. The predicted octanol–water partition coefficient (Wildman–Crippen LogP) is 4.29. The van der Waals surface area contributed by atoms with E-state index < -0.39 is 0 Å². The third-order valence-corrected chi connectivity index (χ3v) is 5.57. The molecule has 1 aromatic carbocycles. The Morgan fingerprint density at radius 2 is 1.97 bits per heavy atom. The van der Waals surface area contributed by atoms with Crippen molar-refractivity contribution in [2.24, 2.45) is 0 Å². The summed E-state index contributed by atoms with van der Waals surface area (Å²) in [4.78, 5) is 15.7. The number of benzene rings is 1. The van der Waals surface area contributed by atoms with Gasteiger partial charge in [0.15, 0.2) is 0 Å². The summed E-state index contributed by atoms with van der Waals surface area (Å²) in [5.74, 6) is 0.738. The highest BCUT2D eigenvalue weighted by molar-refractivity contribution is 6.00. The summed E-state index contributed by atoms with van der Waals surface area (Å²) >= 11 is 0. The van der Waals surface area contributed by atoms with Crippen molar-refractivity contribution >= 4 is 16.9 Å². The Bertz CT molecular complexity index is 1350. The van der Waals surface area contributed by atoms with Crippen LogP contribution in [0.5, 0.6) is 0 Å². The summed E-state index contributed by atoms with van der Waals surface area (Å²) in [5.41, 5.74) is 7.01. The summed E-state index contributed by atoms with van der Waals surface area (Å²) < 4.78 is 1.72. The molecule has 32 heavy (non-hydrogen) atoms. The standard InChI is InChI=1S/C24H25N7O/c1-15-12-18(17-6-4-3-5-7-17)22(28-15)16(2)29-24-21-19(13-25-23(21)26-14-27-24)20-8-9-31(30-20)10-11-32/h3-9,12-14,16,28,32H,10-11H2,1-2H3,(H2,25,26,27,29)/t16-/m0/s1. The maximum absolute atomic E-state index is 9.19. The summed E-state index contributed by atoms with van der Waals surface area (Å²) in [6.07, 6.45) is 5.31. The van der Waals surface area contributed by atoms with Gasteiger partial charge < -0.3 is 20.4 Å². The molecule has 0 unspecified atom stereocenters. The number of aryl methyl sites for hydroxylation is 1. The zero-order chi connectivity index (χ0) is 22.1. The fourth-order valence-corrected chi connectivity index (χ4v) is 4.09. The van der Waals surface area contributed by atoms with E-state index in [1.165, 1.54) is 11.1 Å². The van der Waals surface area contributed by atoms with Gasteiger partial charge in [0, 0.05) is 34.9 Å². The molecule has 5 aromatic rings. The van der Waals surface area contributed by atoms with Crippen molar-refractivity contribution in [2.45, 2.75) is 26.4 Å². The molecular formula is C24H25N7O. The first-order valence-corrected chi connectivity index (χ1v) is 10.6. The molecule has 0 bridgehead atoms. The van der Waals surface area contributed by atoms with Crippen LogP contribution < -0.4 is 5.32 Å². The number of aromatic amines is 2. The molecule has 0 saturated heterocycles. The van der Waals surface area contributed by atoms with E-state index in [0.717, 1.165) is 39.5 Å². The molecule has 5 rings (SSSR count). The molecule has 0 radical (unpaired) electrons. The van der Waals surface area contributed by atoms with Crippen LogP contribution in [0.25, 0.3) is 33.4 Å². The minimum atomic E-state index is -0.0216. The van der Waals surface area contributed by atoms with E-state index in [4.69, 9.17) is 0 Å². The summed E-state index contributed by atoms with van der Waals surface area (Å²) in [6, 6.07) is 14.5. The smallest absolute Gasteiger partial charge is 0.143 e. The second-order valence-electron chi connectivity index (χ2n) is 7.85. The van der Waals surface area contributed by atoms with E-state index in [1.54, 1.807) is 11.0 Å². The van der Waals surface area contributed by atoms with Crippen LogP contribution in [0.4, 0.5) is 5.82 Å². The van der Waals surface area contributed by atoms with Crippen LogP contribution in [-0.4, -0.2) is 41.4 Å². The summed E-state index contributed by atoms with van der Waals surface area (Å²) in [5, 5.41) is 18.2. The van der Waals surface area contributed by atoms with Crippen molar-refractivity contribution in [1.29, 1.82) is 0 Å². The largest absolute Gasteiger partial charge is 0.394 e. The lowest BCUT2D eigenvalue weighted by Gasteiger charge is -2.17. The first-order chi connectivity index (χ1) is 15.6. The third kappa shape index (κ3) is 3.65. The number of H-pyrrole nitrogens is 2. The first kappa shape index (κ1) is 20.0. The quantitative estimate of drug-likeness (QED) is 0.310. The fraction of sp³-hybridized carbons (Fsp3) is 0.208. The number of nitrogens with zero attached hydrogens (tertiary/aromatic N) is 4. The lowest BCUT2D eigenvalue weighted by atomic mass is 10.0. The van der Waals surface area contributed by atoms with Crippen molar-refractivity contribution in [1.82, 2.24) is 29.7 Å². The Labute approximate surface area is 185 Å². The second-order valence-corrected chi connectivity index (χ2v) is 7.85. The van der Waals surface area contributed by atoms with Crippen LogP contribution in [0.1, 0.15) is 24.4 Å². The Hall–Kier alpha value is -3.91. The molecule has 0 saturated carbocycles. The third-order valence-electron chi connectivity index (χ3n) is 5.57. The van der Waals surface area contributed by atoms with Gasteiger partial charge in [0.1, 0.15) is 17.8 Å². The summed E-state index contributed by atoms with van der Waals surface area (Å²) in [7, 11) is 0. The van der Waals surface area contributed by atoms with Gasteiger partial charge in [-0.15, -0.1) is 0 Å². The topological polar surface area (TPSA) is 107 Å². The molecule has 0 amide bonds. The van der Waals surface area contributed by atoms with E-state index in [1.807, 2.05) is 24.5 Å². The number of nitrogens with one attached hydrogen (secondary N) is 3. The minimum absolute atomic E-state index is 0.0216. The molecule has 162 valence electrons. The van der Waals surface area contributed by atoms with Crippen molar-refractivity contribution in [2.75, 3.05) is 11.9 Å². The number of aliphatic hydroxyl groups excluding tert-OH is 1. The van der Waals surface area contributed by atoms with Crippen LogP contribution >= 0.6 is 0 Å². The predicted molar refractivity (Wildman–Crippen MR) is 125 cm³/mol. The number of rotatable bonds is 7. The van der Waals surface area contributed by atoms with Gasteiger partial charge in [0.05, 0.1) is 30.3 Å². The number of fused-ring (bicyclic) bond motifs is 1. The monoisotopic (exact) mass is 427 g/mol. The fourth-order valence-electron chi connectivity index (χ4n) is 4.09. The molecule has 0 aliphatic heterocycles. The number of hydrogen-bond acceptors (Lipinski definition) is 5. The SMILES string of the molecule is Cc1cc(-c2ccccc2)c([C@H](C)Nc2ncnc3[nH]cc(-c4ccn(CCO)n4)c23)[nH]1. The van der Waals surface area contributed by atoms with Gasteiger partial charge in [0.25, 0.3) is 0 Å². The van der Waals surface area contributed by atoms with Gasteiger partial charge in [0.2, 0.25) is 0 Å². The number of aliphatic hydroxyl groups is 1. The average molecular weight is 428 g/mol. The molecule has 0 aliphatic carbocycles. The average Bonchev–Trinajstić information content (AvgIpc) is 3.53. The Balaban J connectivity index is 1.52. The van der Waals surface area contributed by atoms with Crippen LogP contribution in [-0.2, 0) is 6.54 Å². The molecule has 0 aliphatic rings. The van der Waals surface area contributed by atoms with E-state index in [0.29, 0.717) is 6.54 Å². The normalized spacial score (nSPS) is 12.3. The minimum Gasteiger partial charge on any atom is -0.394 e. The Morgan fingerprint density at radius 3 is 2.78 bits per heavy atom. The molecule has 4 heterocycles. The van der Waals surface area contributed by atoms with Crippen molar-refractivity contribution < 1.29 is 5.11 Å². The second kappa shape index (κ2) is 8.32. The van der Waals surface area contributed by atoms with Gasteiger partial charge in [-0.3, -0.25) is 4.68 Å². The zero-order valence-electron chi connectivity index (χ0n) is 18.0. The molecule has 8 heteroatoms. The highest BCUT2D eigenvalue weighted by atomic mass is 16.3. The molecule has 0 fully saturated rings. The highest BCUT2D eigenvalue weighted by Crippen LogP contribution is 2.34. The van der Waals surface area contributed by atoms with E-state index in [-0.39, 0.29) is 12.6 Å². The van der Waals surface area contributed by atoms with Crippen molar-refractivity contribution in [3.05, 3.63) is 72.6 Å². The van der Waals surface area contributed by atoms with Gasteiger partial charge >= 0.3 is 0 Å². The van der Waals surface area contributed by atoms with Crippen LogP contribution in [0.2, 0.25) is 0 Å². The number of aromatic nitrogens is 6. The first-order valence-electron chi connectivity index (χ1n) is 10.6. The van der Waals surface area contributed by atoms with Gasteiger partial charge in [-0.05, 0) is 31.5 Å². The van der Waals surface area contributed by atoms with Gasteiger partial charge in [-0.25, -0.2) is 9.97 Å². The van der Waals surface area contributed by atoms with Gasteiger partial charge in [-0.2, -0.15) is 5.10 Å². The van der Waals surface area contributed by atoms with Crippen LogP contribution in [0.3, 0.4) is 0 Å². The molecule has 4 N–H and O–H groups in total. The number of anilines is 1. The maximum Gasteiger partial charge on any atom is 0.143 e. The maximum atomic E-state index is 9.19. The Kier molecular flexibility index (Phi) is 5.20. The molecule has 1 atom stereocenters. The molecule has 0 spiro atoms. The Morgan fingerprint density at radius 1 is 1.12 bits per heavy atom. The van der Waals surface area contributed by atoms with E-state index in [2.05, 4.69) is 74.5 Å². The van der Waals surface area contributed by atoms with Gasteiger partial charge in [-0.1, -0.05) is 30.3 Å². The molecule has 8 nitrogen and oxygen atoms in total. The van der Waals surface area contributed by atoms with Crippen LogP contribution in [0.15, 0.2) is 61.2 Å². The lowest BCUT2D eigenvalue weighted by molar-refractivity contribution is 0.269. The van der Waals surface area contributed by atoms with Crippen LogP contribution in [0, 0.1) is 6.92 Å². The van der Waals surface area contributed by atoms with E-state index >= 15 is 0 Å². The number of hydrogen-bond donors (Lipinski definition) is 4. The zero-order valence-corrected chi connectivity index (χ0v) is 18.0. The molecule has 4 aromatic heterocycles. The van der Waals surface area contributed by atoms with Crippen molar-refractivity contribution in [3.8, 4) is 22.4 Å². The molecular weight excluding hydrogens is 402 g/mol. The van der Waals surface area contributed by atoms with E-state index in [9.17, 15) is 5.11 Å².